The predicted molar refractivity (Wildman–Crippen MR) is 151 cm³/mol. The van der Waals surface area contributed by atoms with Gasteiger partial charge in [-0.3, -0.25) is 10.2 Å². The second kappa shape index (κ2) is 11.6. The lowest BCUT2D eigenvalue weighted by atomic mass is 10.1. The number of amidine groups is 2. The molecule has 0 bridgehead atoms. The van der Waals surface area contributed by atoms with E-state index in [0.717, 1.165) is 31.7 Å². The summed E-state index contributed by atoms with van der Waals surface area (Å²) in [5, 5.41) is 15.7. The van der Waals surface area contributed by atoms with Crippen LogP contribution in [0.25, 0.3) is 6.08 Å². The van der Waals surface area contributed by atoms with Gasteiger partial charge < -0.3 is 14.2 Å². The molecule has 0 radical (unpaired) electrons. The predicted octanol–water partition coefficient (Wildman–Crippen LogP) is 5.94. The van der Waals surface area contributed by atoms with Crippen LogP contribution in [0, 0.1) is 8.98 Å². The molecule has 2 aromatic carbocycles. The number of halogens is 2. The first-order chi connectivity index (χ1) is 16.9. The molecule has 0 aliphatic carbocycles. The summed E-state index contributed by atoms with van der Waals surface area (Å²) in [4.78, 5) is 16.8. The number of hydrazone groups is 1. The SMILES string of the molecule is CCCC1=NN2C(=N)/C(=C/c3cc(I)c(OCCOc4ccc(Br)cc4)c(OC)c3)C(=O)N=C2S1. The zero-order chi connectivity index (χ0) is 24.9. The van der Waals surface area contributed by atoms with Crippen molar-refractivity contribution in [1.29, 1.82) is 5.41 Å². The highest BCUT2D eigenvalue weighted by Crippen LogP contribution is 2.36. The Morgan fingerprint density at radius 1 is 1.20 bits per heavy atom. The highest BCUT2D eigenvalue weighted by Gasteiger charge is 2.35. The Bertz CT molecular complexity index is 1250. The van der Waals surface area contributed by atoms with Crippen molar-refractivity contribution >= 4 is 78.3 Å². The molecular weight excluding hydrogens is 647 g/mol. The average molecular weight is 669 g/mol. The van der Waals surface area contributed by atoms with Crippen molar-refractivity contribution in [3.8, 4) is 17.2 Å². The molecule has 2 aliphatic rings. The Hall–Kier alpha value is -2.38. The minimum absolute atomic E-state index is 0.0120. The first-order valence-electron chi connectivity index (χ1n) is 10.8. The van der Waals surface area contributed by atoms with Crippen LogP contribution in [0.15, 0.2) is 56.5 Å². The van der Waals surface area contributed by atoms with E-state index in [0.29, 0.717) is 35.4 Å². The third-order valence-electron chi connectivity index (χ3n) is 4.94. The van der Waals surface area contributed by atoms with Crippen LogP contribution in [0.1, 0.15) is 25.3 Å². The maximum absolute atomic E-state index is 12.7. The third kappa shape index (κ3) is 6.07. The molecule has 0 aromatic heterocycles. The van der Waals surface area contributed by atoms with E-state index in [1.54, 1.807) is 19.3 Å². The number of ether oxygens (including phenoxy) is 3. The minimum Gasteiger partial charge on any atom is -0.493 e. The number of hydrogen-bond acceptors (Lipinski definition) is 7. The fourth-order valence-electron chi connectivity index (χ4n) is 3.31. The largest absolute Gasteiger partial charge is 0.493 e. The number of aliphatic imine (C=N–C) groups is 1. The number of thioether (sulfide) groups is 1. The van der Waals surface area contributed by atoms with Gasteiger partial charge in [0.25, 0.3) is 5.91 Å². The van der Waals surface area contributed by atoms with Gasteiger partial charge in [0.15, 0.2) is 17.3 Å². The zero-order valence-electron chi connectivity index (χ0n) is 19.0. The van der Waals surface area contributed by atoms with Gasteiger partial charge in [0.05, 0.1) is 16.3 Å². The molecule has 2 aromatic rings. The van der Waals surface area contributed by atoms with E-state index in [4.69, 9.17) is 19.6 Å². The van der Waals surface area contributed by atoms with Crippen molar-refractivity contribution in [2.24, 2.45) is 10.1 Å². The number of carbonyl (C=O) groups excluding carboxylic acids is 1. The lowest BCUT2D eigenvalue weighted by molar-refractivity contribution is -0.114. The molecule has 11 heteroatoms. The fraction of sp³-hybridized carbons (Fsp3) is 0.250. The van der Waals surface area contributed by atoms with E-state index in [2.05, 4.69) is 55.5 Å². The normalized spacial score (nSPS) is 16.2. The van der Waals surface area contributed by atoms with Gasteiger partial charge in [-0.2, -0.15) is 15.1 Å². The van der Waals surface area contributed by atoms with Gasteiger partial charge in [0.2, 0.25) is 5.17 Å². The van der Waals surface area contributed by atoms with Crippen molar-refractivity contribution in [3.05, 3.63) is 55.6 Å². The molecular formula is C24H22BrIN4O4S. The lowest BCUT2D eigenvalue weighted by Crippen LogP contribution is -2.35. The molecule has 35 heavy (non-hydrogen) atoms. The molecule has 0 fully saturated rings. The Balaban J connectivity index is 1.48. The van der Waals surface area contributed by atoms with Crippen LogP contribution >= 0.6 is 50.3 Å². The number of rotatable bonds is 9. The minimum atomic E-state index is -0.457. The Morgan fingerprint density at radius 2 is 1.94 bits per heavy atom. The van der Waals surface area contributed by atoms with E-state index in [-0.39, 0.29) is 11.4 Å². The maximum Gasteiger partial charge on any atom is 0.283 e. The number of nitrogens with one attached hydrogen (secondary N) is 1. The maximum atomic E-state index is 12.7. The number of carbonyl (C=O) groups is 1. The van der Waals surface area contributed by atoms with Gasteiger partial charge in [-0.25, -0.2) is 0 Å². The molecule has 0 saturated heterocycles. The first kappa shape index (κ1) is 25.7. The summed E-state index contributed by atoms with van der Waals surface area (Å²) in [7, 11) is 1.56. The summed E-state index contributed by atoms with van der Waals surface area (Å²) in [6.07, 6.45) is 3.35. The summed E-state index contributed by atoms with van der Waals surface area (Å²) >= 11 is 6.90. The zero-order valence-corrected chi connectivity index (χ0v) is 23.6. The third-order valence-corrected chi connectivity index (χ3v) is 7.23. The summed E-state index contributed by atoms with van der Waals surface area (Å²) in [5.41, 5.74) is 0.867. The molecule has 1 N–H and O–H groups in total. The van der Waals surface area contributed by atoms with Crippen LogP contribution in [0.4, 0.5) is 0 Å². The molecule has 0 unspecified atom stereocenters. The summed E-state index contributed by atoms with van der Waals surface area (Å²) in [5.74, 6) is 1.42. The Labute approximate surface area is 229 Å². The number of hydrogen-bond donors (Lipinski definition) is 1. The lowest BCUT2D eigenvalue weighted by Gasteiger charge is -2.20. The van der Waals surface area contributed by atoms with Crippen LogP contribution in [0.5, 0.6) is 17.2 Å². The average Bonchev–Trinajstić information content (AvgIpc) is 3.24. The summed E-state index contributed by atoms with van der Waals surface area (Å²) < 4.78 is 19.0. The van der Waals surface area contributed by atoms with Crippen molar-refractivity contribution < 1.29 is 19.0 Å². The van der Waals surface area contributed by atoms with Gasteiger partial charge in [-0.1, -0.05) is 22.9 Å². The molecule has 2 heterocycles. The van der Waals surface area contributed by atoms with Crippen molar-refractivity contribution in [2.75, 3.05) is 20.3 Å². The second-order valence-corrected chi connectivity index (χ2v) is 10.6. The second-order valence-electron chi connectivity index (χ2n) is 7.45. The quantitative estimate of drug-likeness (QED) is 0.202. The van der Waals surface area contributed by atoms with Crippen molar-refractivity contribution in [1.82, 2.24) is 5.01 Å². The number of methoxy groups -OCH3 is 1. The molecule has 4 rings (SSSR count). The summed E-state index contributed by atoms with van der Waals surface area (Å²) in [6, 6.07) is 11.2. The summed E-state index contributed by atoms with van der Waals surface area (Å²) in [6.45, 7) is 2.75. The van der Waals surface area contributed by atoms with Gasteiger partial charge in [0, 0.05) is 4.47 Å². The van der Waals surface area contributed by atoms with Crippen molar-refractivity contribution in [2.45, 2.75) is 19.8 Å². The smallest absolute Gasteiger partial charge is 0.283 e. The molecule has 8 nitrogen and oxygen atoms in total. The fourth-order valence-corrected chi connectivity index (χ4v) is 5.34. The molecule has 2 aliphatic heterocycles. The molecule has 1 amide bonds. The van der Waals surface area contributed by atoms with E-state index in [9.17, 15) is 4.79 Å². The number of nitrogens with zero attached hydrogens (tertiary/aromatic N) is 3. The van der Waals surface area contributed by atoms with Gasteiger partial charge in [-0.15, -0.1) is 0 Å². The molecule has 0 spiro atoms. The van der Waals surface area contributed by atoms with E-state index >= 15 is 0 Å². The highest BCUT2D eigenvalue weighted by molar-refractivity contribution is 14.1. The van der Waals surface area contributed by atoms with Gasteiger partial charge in [-0.05, 0) is 95.2 Å². The van der Waals surface area contributed by atoms with Crippen LogP contribution < -0.4 is 14.2 Å². The van der Waals surface area contributed by atoms with Crippen LogP contribution in [0.3, 0.4) is 0 Å². The number of fused-ring (bicyclic) bond motifs is 1. The van der Waals surface area contributed by atoms with E-state index in [1.165, 1.54) is 16.8 Å². The number of benzene rings is 2. The Kier molecular flexibility index (Phi) is 8.50. The Morgan fingerprint density at radius 3 is 2.66 bits per heavy atom. The van der Waals surface area contributed by atoms with E-state index in [1.807, 2.05) is 30.3 Å². The van der Waals surface area contributed by atoms with Gasteiger partial charge in [0.1, 0.15) is 24.0 Å². The highest BCUT2D eigenvalue weighted by atomic mass is 127. The van der Waals surface area contributed by atoms with Crippen molar-refractivity contribution in [3.63, 3.8) is 0 Å². The molecule has 0 saturated carbocycles. The first-order valence-corrected chi connectivity index (χ1v) is 13.5. The molecule has 182 valence electrons. The molecule has 0 atom stereocenters. The number of amides is 1. The van der Waals surface area contributed by atoms with E-state index < -0.39 is 5.91 Å². The van der Waals surface area contributed by atoms with Crippen LogP contribution in [0.2, 0.25) is 0 Å². The standard InChI is InChI=1S/C24H22BrIN4O4S/c1-3-4-20-29-30-22(27)17(23(31)28-24(30)35-20)11-14-12-18(26)21(19(13-14)32-2)34-10-9-33-16-7-5-15(25)6-8-16/h5-8,11-13,27H,3-4,9-10H2,1-2H3/b17-11-,27-22?. The van der Waals surface area contributed by atoms with Gasteiger partial charge >= 0.3 is 0 Å². The van der Waals surface area contributed by atoms with Crippen LogP contribution in [-0.2, 0) is 4.79 Å². The topological polar surface area (TPSA) is 96.6 Å². The monoisotopic (exact) mass is 668 g/mol. The van der Waals surface area contributed by atoms with Crippen LogP contribution in [-0.4, -0.2) is 47.3 Å².